The van der Waals surface area contributed by atoms with Gasteiger partial charge in [-0.1, -0.05) is 55.6 Å². The molecule has 0 spiro atoms. The lowest BCUT2D eigenvalue weighted by molar-refractivity contribution is 0.547. The van der Waals surface area contributed by atoms with Gasteiger partial charge in [0.2, 0.25) is 0 Å². The molecule has 0 radical (unpaired) electrons. The first-order chi connectivity index (χ1) is 9.66. The highest BCUT2D eigenvalue weighted by atomic mass is 35.5. The molecule has 0 bridgehead atoms. The van der Waals surface area contributed by atoms with Crippen molar-refractivity contribution in [3.63, 3.8) is 0 Å². The van der Waals surface area contributed by atoms with E-state index < -0.39 is 0 Å². The second-order valence-corrected chi connectivity index (χ2v) is 6.84. The minimum absolute atomic E-state index is 0.215. The second-order valence-electron chi connectivity index (χ2n) is 5.62. The Morgan fingerprint density at radius 2 is 1.57 bits per heavy atom. The van der Waals surface area contributed by atoms with Gasteiger partial charge in [0.05, 0.1) is 20.8 Å². The number of nitrogens with one attached hydrogen (secondary N) is 1. The van der Waals surface area contributed by atoms with Crippen molar-refractivity contribution in [1.29, 1.82) is 0 Å². The van der Waals surface area contributed by atoms with Gasteiger partial charge >= 0.3 is 0 Å². The van der Waals surface area contributed by atoms with Crippen molar-refractivity contribution in [2.45, 2.75) is 26.2 Å². The summed E-state index contributed by atoms with van der Waals surface area (Å²) >= 11 is 18.0. The Kier molecular flexibility index (Phi) is 4.51. The molecule has 0 atom stereocenters. The topological polar surface area (TPSA) is 63.8 Å². The largest absolute Gasteiger partial charge is 0.384 e. The summed E-state index contributed by atoms with van der Waals surface area (Å²) < 4.78 is 0. The van der Waals surface area contributed by atoms with Crippen molar-refractivity contribution in [2.75, 3.05) is 11.1 Å². The van der Waals surface area contributed by atoms with E-state index in [-0.39, 0.29) is 5.41 Å². The molecule has 1 heterocycles. The molecule has 0 amide bonds. The van der Waals surface area contributed by atoms with Gasteiger partial charge < -0.3 is 11.1 Å². The highest BCUT2D eigenvalue weighted by Gasteiger charge is 2.19. The summed E-state index contributed by atoms with van der Waals surface area (Å²) in [4.78, 5) is 8.70. The molecule has 1 aromatic heterocycles. The van der Waals surface area contributed by atoms with Crippen LogP contribution in [0.15, 0.2) is 18.2 Å². The van der Waals surface area contributed by atoms with Gasteiger partial charge in [-0.25, -0.2) is 9.97 Å². The Morgan fingerprint density at radius 3 is 2.19 bits per heavy atom. The van der Waals surface area contributed by atoms with E-state index in [1.807, 2.05) is 20.8 Å². The quantitative estimate of drug-likeness (QED) is 0.747. The lowest BCUT2D eigenvalue weighted by Gasteiger charge is -2.18. The molecule has 3 N–H and O–H groups in total. The van der Waals surface area contributed by atoms with Gasteiger partial charge in [0, 0.05) is 11.5 Å². The SMILES string of the molecule is CC(C)(C)c1nc(N)cc(Nc2cc(Cl)c(Cl)cc2Cl)n1. The lowest BCUT2D eigenvalue weighted by Crippen LogP contribution is -2.17. The van der Waals surface area contributed by atoms with Crippen molar-refractivity contribution >= 4 is 52.1 Å². The highest BCUT2D eigenvalue weighted by molar-refractivity contribution is 6.44. The van der Waals surface area contributed by atoms with Crippen LogP contribution in [0.4, 0.5) is 17.3 Å². The van der Waals surface area contributed by atoms with Crippen molar-refractivity contribution in [1.82, 2.24) is 9.97 Å². The maximum absolute atomic E-state index is 6.14. The molecule has 2 rings (SSSR count). The zero-order valence-corrected chi connectivity index (χ0v) is 14.1. The van der Waals surface area contributed by atoms with Gasteiger partial charge in [-0.3, -0.25) is 0 Å². The molecular weight excluding hydrogens is 331 g/mol. The number of nitrogens with two attached hydrogens (primary N) is 1. The van der Waals surface area contributed by atoms with Crippen LogP contribution in [-0.2, 0) is 5.41 Å². The Morgan fingerprint density at radius 1 is 0.952 bits per heavy atom. The molecule has 0 aliphatic carbocycles. The van der Waals surface area contributed by atoms with E-state index in [1.165, 1.54) is 0 Å². The number of anilines is 3. The fourth-order valence-corrected chi connectivity index (χ4v) is 2.22. The summed E-state index contributed by atoms with van der Waals surface area (Å²) in [6.45, 7) is 6.03. The van der Waals surface area contributed by atoms with Crippen molar-refractivity contribution in [2.24, 2.45) is 0 Å². The number of hydrogen-bond donors (Lipinski definition) is 2. The molecule has 1 aromatic carbocycles. The van der Waals surface area contributed by atoms with Gasteiger partial charge in [0.15, 0.2) is 0 Å². The van der Waals surface area contributed by atoms with Crippen LogP contribution in [-0.4, -0.2) is 9.97 Å². The van der Waals surface area contributed by atoms with Crippen LogP contribution in [0.3, 0.4) is 0 Å². The van der Waals surface area contributed by atoms with Crippen LogP contribution in [0.1, 0.15) is 26.6 Å². The standard InChI is InChI=1S/C14H15Cl3N4/c1-14(2,3)13-20-11(18)6-12(21-13)19-10-5-8(16)7(15)4-9(10)17/h4-6H,1-3H3,(H3,18,19,20,21). The van der Waals surface area contributed by atoms with Crippen LogP contribution in [0.5, 0.6) is 0 Å². The number of benzene rings is 1. The lowest BCUT2D eigenvalue weighted by atomic mass is 9.96. The van der Waals surface area contributed by atoms with E-state index in [9.17, 15) is 0 Å². The Balaban J connectivity index is 2.40. The van der Waals surface area contributed by atoms with E-state index in [2.05, 4.69) is 15.3 Å². The fraction of sp³-hybridized carbons (Fsp3) is 0.286. The highest BCUT2D eigenvalue weighted by Crippen LogP contribution is 2.34. The summed E-state index contributed by atoms with van der Waals surface area (Å²) in [5, 5.41) is 4.33. The van der Waals surface area contributed by atoms with Crippen molar-refractivity contribution in [3.05, 3.63) is 39.1 Å². The van der Waals surface area contributed by atoms with Crippen molar-refractivity contribution < 1.29 is 0 Å². The molecule has 7 heteroatoms. The number of rotatable bonds is 2. The number of aromatic nitrogens is 2. The minimum Gasteiger partial charge on any atom is -0.384 e. The van der Waals surface area contributed by atoms with E-state index in [0.29, 0.717) is 38.2 Å². The smallest absolute Gasteiger partial charge is 0.138 e. The van der Waals surface area contributed by atoms with Gasteiger partial charge in [-0.05, 0) is 12.1 Å². The Hall–Kier alpha value is -1.23. The third kappa shape index (κ3) is 3.90. The van der Waals surface area contributed by atoms with Crippen LogP contribution in [0.2, 0.25) is 15.1 Å². The Labute approximate surface area is 138 Å². The molecule has 112 valence electrons. The van der Waals surface area contributed by atoms with Crippen molar-refractivity contribution in [3.8, 4) is 0 Å². The maximum atomic E-state index is 6.14. The first-order valence-electron chi connectivity index (χ1n) is 6.23. The third-order valence-corrected chi connectivity index (χ3v) is 3.72. The average molecular weight is 346 g/mol. The van der Waals surface area contributed by atoms with Crippen LogP contribution in [0.25, 0.3) is 0 Å². The molecule has 0 unspecified atom stereocenters. The van der Waals surface area contributed by atoms with Gasteiger partial charge in [0.1, 0.15) is 17.5 Å². The van der Waals surface area contributed by atoms with Crippen LogP contribution < -0.4 is 11.1 Å². The minimum atomic E-state index is -0.215. The number of halogens is 3. The van der Waals surface area contributed by atoms with Gasteiger partial charge in [0.25, 0.3) is 0 Å². The zero-order chi connectivity index (χ0) is 15.8. The maximum Gasteiger partial charge on any atom is 0.138 e. The summed E-state index contributed by atoms with van der Waals surface area (Å²) in [5.41, 5.74) is 6.22. The average Bonchev–Trinajstić information content (AvgIpc) is 2.34. The number of nitrogen functional groups attached to an aromatic ring is 1. The molecule has 21 heavy (non-hydrogen) atoms. The monoisotopic (exact) mass is 344 g/mol. The summed E-state index contributed by atoms with van der Waals surface area (Å²) in [6, 6.07) is 4.85. The molecule has 0 aliphatic rings. The molecular formula is C14H15Cl3N4. The first-order valence-corrected chi connectivity index (χ1v) is 7.37. The molecule has 4 nitrogen and oxygen atoms in total. The third-order valence-electron chi connectivity index (χ3n) is 2.69. The van der Waals surface area contributed by atoms with Crippen LogP contribution >= 0.6 is 34.8 Å². The number of hydrogen-bond acceptors (Lipinski definition) is 4. The summed E-state index contributed by atoms with van der Waals surface area (Å²) in [7, 11) is 0. The zero-order valence-electron chi connectivity index (χ0n) is 11.8. The van der Waals surface area contributed by atoms with E-state index in [0.717, 1.165) is 0 Å². The molecule has 2 aromatic rings. The van der Waals surface area contributed by atoms with E-state index >= 15 is 0 Å². The molecule has 0 saturated heterocycles. The van der Waals surface area contributed by atoms with Gasteiger partial charge in [-0.2, -0.15) is 0 Å². The molecule has 0 aliphatic heterocycles. The Bertz CT molecular complexity index is 681. The number of nitrogens with zero attached hydrogens (tertiary/aromatic N) is 2. The summed E-state index contributed by atoms with van der Waals surface area (Å²) in [5.74, 6) is 1.57. The predicted octanol–water partition coefficient (Wildman–Crippen LogP) is 5.06. The van der Waals surface area contributed by atoms with Gasteiger partial charge in [-0.15, -0.1) is 0 Å². The molecule has 0 saturated carbocycles. The second kappa shape index (κ2) is 5.87. The van der Waals surface area contributed by atoms with E-state index in [1.54, 1.807) is 18.2 Å². The summed E-state index contributed by atoms with van der Waals surface area (Å²) in [6.07, 6.45) is 0. The normalized spacial score (nSPS) is 11.5. The first kappa shape index (κ1) is 16.1. The fourth-order valence-electron chi connectivity index (χ4n) is 1.62. The molecule has 0 fully saturated rings. The van der Waals surface area contributed by atoms with E-state index in [4.69, 9.17) is 40.5 Å². The van der Waals surface area contributed by atoms with Crippen LogP contribution in [0, 0.1) is 0 Å². The predicted molar refractivity (Wildman–Crippen MR) is 89.9 cm³/mol.